The van der Waals surface area contributed by atoms with Crippen LogP contribution in [0.5, 0.6) is 0 Å². The molecule has 0 unspecified atom stereocenters. The first kappa shape index (κ1) is 15.1. The van der Waals surface area contributed by atoms with Crippen LogP contribution in [-0.4, -0.2) is 38.8 Å². The fourth-order valence-electron chi connectivity index (χ4n) is 1.94. The maximum atomic E-state index is 12.4. The summed E-state index contributed by atoms with van der Waals surface area (Å²) in [5.41, 5.74) is 1.22. The number of hydrogen-bond acceptors (Lipinski definition) is 6. The molecule has 7 heteroatoms. The number of carbonyl (C=O) groups excluding carboxylic acids is 2. The van der Waals surface area contributed by atoms with Gasteiger partial charge in [0.25, 0.3) is 5.91 Å². The summed E-state index contributed by atoms with van der Waals surface area (Å²) in [6.07, 6.45) is 4.83. The van der Waals surface area contributed by atoms with Gasteiger partial charge in [-0.2, -0.15) is 5.10 Å². The van der Waals surface area contributed by atoms with Crippen LogP contribution in [0.3, 0.4) is 0 Å². The molecule has 1 fully saturated rings. The van der Waals surface area contributed by atoms with Crippen molar-refractivity contribution in [1.29, 1.82) is 0 Å². The van der Waals surface area contributed by atoms with E-state index in [4.69, 9.17) is 0 Å². The number of nitrogens with zero attached hydrogens (tertiary/aromatic N) is 4. The number of rotatable bonds is 3. The molecule has 1 saturated heterocycles. The third-order valence-corrected chi connectivity index (χ3v) is 3.94. The molecule has 23 heavy (non-hydrogen) atoms. The van der Waals surface area contributed by atoms with Crippen LogP contribution in [0.2, 0.25) is 0 Å². The minimum Gasteiger partial charge on any atom is -0.273 e. The number of carbonyl (C=O) groups is 2. The lowest BCUT2D eigenvalue weighted by molar-refractivity contribution is -0.122. The zero-order chi connectivity index (χ0) is 16.1. The SMILES string of the molecule is O=C1CS/C(=N/N=C\c2cccnc2)N1C(=O)c1ccccc1. The van der Waals surface area contributed by atoms with E-state index in [1.165, 1.54) is 18.0 Å². The number of hydrogen-bond donors (Lipinski definition) is 0. The van der Waals surface area contributed by atoms with E-state index < -0.39 is 5.91 Å². The van der Waals surface area contributed by atoms with E-state index >= 15 is 0 Å². The van der Waals surface area contributed by atoms with Gasteiger partial charge in [-0.1, -0.05) is 36.0 Å². The van der Waals surface area contributed by atoms with Crippen LogP contribution in [0.15, 0.2) is 65.1 Å². The van der Waals surface area contributed by atoms with Crippen molar-refractivity contribution >= 4 is 35.0 Å². The van der Waals surface area contributed by atoms with Crippen molar-refractivity contribution in [3.05, 3.63) is 66.0 Å². The van der Waals surface area contributed by atoms with E-state index in [-0.39, 0.29) is 16.8 Å². The number of benzene rings is 1. The highest BCUT2D eigenvalue weighted by atomic mass is 32.2. The summed E-state index contributed by atoms with van der Waals surface area (Å²) in [5, 5.41) is 8.22. The summed E-state index contributed by atoms with van der Waals surface area (Å²) >= 11 is 1.19. The van der Waals surface area contributed by atoms with Gasteiger partial charge < -0.3 is 0 Å². The predicted molar refractivity (Wildman–Crippen MR) is 89.3 cm³/mol. The molecule has 114 valence electrons. The molecule has 0 saturated carbocycles. The molecular formula is C16H12N4O2S. The highest BCUT2D eigenvalue weighted by molar-refractivity contribution is 8.15. The van der Waals surface area contributed by atoms with Gasteiger partial charge in [-0.25, -0.2) is 4.90 Å². The Bertz CT molecular complexity index is 775. The molecule has 2 aromatic rings. The van der Waals surface area contributed by atoms with E-state index in [0.717, 1.165) is 10.5 Å². The largest absolute Gasteiger partial charge is 0.273 e. The minimum atomic E-state index is -0.393. The molecule has 1 aliphatic rings. The molecule has 0 radical (unpaired) electrons. The Balaban J connectivity index is 1.81. The molecule has 2 heterocycles. The van der Waals surface area contributed by atoms with Crippen LogP contribution in [0.1, 0.15) is 15.9 Å². The van der Waals surface area contributed by atoms with E-state index in [9.17, 15) is 9.59 Å². The van der Waals surface area contributed by atoms with Gasteiger partial charge in [-0.05, 0) is 18.2 Å². The molecule has 0 atom stereocenters. The first-order valence-corrected chi connectivity index (χ1v) is 7.80. The third-order valence-electron chi connectivity index (χ3n) is 3.02. The van der Waals surface area contributed by atoms with Crippen LogP contribution >= 0.6 is 11.8 Å². The average molecular weight is 324 g/mol. The number of pyridine rings is 1. The van der Waals surface area contributed by atoms with E-state index in [0.29, 0.717) is 5.56 Å². The van der Waals surface area contributed by atoms with Gasteiger partial charge in [0.15, 0.2) is 5.17 Å². The second-order valence-corrected chi connectivity index (χ2v) is 5.55. The zero-order valence-electron chi connectivity index (χ0n) is 12.0. The Morgan fingerprint density at radius 1 is 1.22 bits per heavy atom. The number of aromatic nitrogens is 1. The fourth-order valence-corrected chi connectivity index (χ4v) is 2.74. The number of amides is 2. The van der Waals surface area contributed by atoms with E-state index in [2.05, 4.69) is 15.2 Å². The standard InChI is InChI=1S/C16H12N4O2S/c21-14-11-23-16(19-18-10-12-5-4-8-17-9-12)20(14)15(22)13-6-2-1-3-7-13/h1-10H,11H2/b18-10-,19-16+. The maximum Gasteiger partial charge on any atom is 0.266 e. The normalized spacial score (nSPS) is 16.4. The van der Waals surface area contributed by atoms with Crippen molar-refractivity contribution in [3.63, 3.8) is 0 Å². The third kappa shape index (κ3) is 3.51. The Morgan fingerprint density at radius 2 is 2.04 bits per heavy atom. The van der Waals surface area contributed by atoms with E-state index in [1.54, 1.807) is 42.7 Å². The van der Waals surface area contributed by atoms with Crippen LogP contribution in [0.4, 0.5) is 0 Å². The summed E-state index contributed by atoms with van der Waals surface area (Å²) in [4.78, 5) is 29.5. The molecule has 3 rings (SSSR count). The Hall–Kier alpha value is -2.80. The monoisotopic (exact) mass is 324 g/mol. The van der Waals surface area contributed by atoms with Crippen LogP contribution in [0, 0.1) is 0 Å². The van der Waals surface area contributed by atoms with Crippen molar-refractivity contribution in [2.24, 2.45) is 10.2 Å². The highest BCUT2D eigenvalue weighted by Crippen LogP contribution is 2.22. The Labute approximate surface area is 136 Å². The van der Waals surface area contributed by atoms with Crippen molar-refractivity contribution in [2.75, 3.05) is 5.75 Å². The fraction of sp³-hybridized carbons (Fsp3) is 0.0625. The summed E-state index contributed by atoms with van der Waals surface area (Å²) in [6, 6.07) is 12.2. The summed E-state index contributed by atoms with van der Waals surface area (Å²) in [5.74, 6) is -0.505. The molecule has 6 nitrogen and oxygen atoms in total. The molecule has 0 N–H and O–H groups in total. The van der Waals surface area contributed by atoms with Gasteiger partial charge in [0.2, 0.25) is 5.91 Å². The summed E-state index contributed by atoms with van der Waals surface area (Å²) in [6.45, 7) is 0. The molecule has 0 spiro atoms. The lowest BCUT2D eigenvalue weighted by atomic mass is 10.2. The first-order chi connectivity index (χ1) is 11.3. The molecule has 0 bridgehead atoms. The van der Waals surface area contributed by atoms with Gasteiger partial charge in [0, 0.05) is 23.5 Å². The topological polar surface area (TPSA) is 75.0 Å². The molecule has 1 aliphatic heterocycles. The molecular weight excluding hydrogens is 312 g/mol. The lowest BCUT2D eigenvalue weighted by Crippen LogP contribution is -2.35. The highest BCUT2D eigenvalue weighted by Gasteiger charge is 2.34. The molecule has 1 aromatic heterocycles. The summed E-state index contributed by atoms with van der Waals surface area (Å²) in [7, 11) is 0. The minimum absolute atomic E-state index is 0.180. The van der Waals surface area contributed by atoms with Gasteiger partial charge in [-0.15, -0.1) is 5.10 Å². The predicted octanol–water partition coefficient (Wildman–Crippen LogP) is 2.19. The second-order valence-electron chi connectivity index (χ2n) is 4.60. The molecule has 2 amide bonds. The number of amidine groups is 1. The average Bonchev–Trinajstić information content (AvgIpc) is 2.97. The smallest absolute Gasteiger partial charge is 0.266 e. The second kappa shape index (κ2) is 6.97. The number of imide groups is 1. The van der Waals surface area contributed by atoms with Gasteiger partial charge in [-0.3, -0.25) is 14.6 Å². The van der Waals surface area contributed by atoms with Crippen molar-refractivity contribution in [2.45, 2.75) is 0 Å². The quantitative estimate of drug-likeness (QED) is 0.493. The molecule has 0 aliphatic carbocycles. The Kier molecular flexibility index (Phi) is 4.58. The van der Waals surface area contributed by atoms with Crippen molar-refractivity contribution in [1.82, 2.24) is 9.88 Å². The van der Waals surface area contributed by atoms with Crippen molar-refractivity contribution in [3.8, 4) is 0 Å². The van der Waals surface area contributed by atoms with Crippen LogP contribution in [0.25, 0.3) is 0 Å². The van der Waals surface area contributed by atoms with Gasteiger partial charge in [0.1, 0.15) is 0 Å². The van der Waals surface area contributed by atoms with Crippen LogP contribution in [-0.2, 0) is 4.79 Å². The molecule has 1 aromatic carbocycles. The van der Waals surface area contributed by atoms with Gasteiger partial charge >= 0.3 is 0 Å². The zero-order valence-corrected chi connectivity index (χ0v) is 12.8. The Morgan fingerprint density at radius 3 is 2.78 bits per heavy atom. The first-order valence-electron chi connectivity index (χ1n) is 6.82. The van der Waals surface area contributed by atoms with E-state index in [1.807, 2.05) is 12.1 Å². The van der Waals surface area contributed by atoms with Gasteiger partial charge in [0.05, 0.1) is 12.0 Å². The van der Waals surface area contributed by atoms with Crippen molar-refractivity contribution < 1.29 is 9.59 Å². The maximum absolute atomic E-state index is 12.4. The van der Waals surface area contributed by atoms with Crippen LogP contribution < -0.4 is 0 Å². The lowest BCUT2D eigenvalue weighted by Gasteiger charge is -2.12. The summed E-state index contributed by atoms with van der Waals surface area (Å²) < 4.78 is 0. The number of thioether (sulfide) groups is 1.